The Morgan fingerprint density at radius 1 is 1.04 bits per heavy atom. The highest BCUT2D eigenvalue weighted by molar-refractivity contribution is 5.90. The molecule has 1 heterocycles. The monoisotopic (exact) mass is 387 g/mol. The van der Waals surface area contributed by atoms with Gasteiger partial charge in [0.1, 0.15) is 0 Å². The van der Waals surface area contributed by atoms with Gasteiger partial charge in [0.15, 0.2) is 5.78 Å². The molecule has 1 aromatic carbocycles. The van der Waals surface area contributed by atoms with E-state index >= 15 is 0 Å². The van der Waals surface area contributed by atoms with Crippen LogP contribution in [0.25, 0.3) is 0 Å². The summed E-state index contributed by atoms with van der Waals surface area (Å²) in [7, 11) is 0. The summed E-state index contributed by atoms with van der Waals surface area (Å²) < 4.78 is 0. The van der Waals surface area contributed by atoms with Crippen LogP contribution in [0.3, 0.4) is 0 Å². The lowest BCUT2D eigenvalue weighted by molar-refractivity contribution is -0.118. The Kier molecular flexibility index (Phi) is 9.01. The topological polar surface area (TPSA) is 40.5 Å². The minimum absolute atomic E-state index is 0.0513. The highest BCUT2D eigenvalue weighted by Crippen LogP contribution is 2.33. The first-order valence-corrected chi connectivity index (χ1v) is 11.5. The highest BCUT2D eigenvalue weighted by atomic mass is 16.3. The maximum Gasteiger partial charge on any atom is 0.156 e. The van der Waals surface area contributed by atoms with Crippen molar-refractivity contribution >= 4 is 11.5 Å². The lowest BCUT2D eigenvalue weighted by Crippen LogP contribution is -2.34. The van der Waals surface area contributed by atoms with Gasteiger partial charge in [0.2, 0.25) is 0 Å². The fraction of sp³-hybridized carbons (Fsp3) is 0.720. The van der Waals surface area contributed by atoms with Crippen molar-refractivity contribution in [1.29, 1.82) is 0 Å². The SMILES string of the molecule is CCCCCCC1C(=O)CCN1c1ccc(C(C)(C)C(O)CCCCC)cc1. The minimum Gasteiger partial charge on any atom is -0.392 e. The van der Waals surface area contributed by atoms with Gasteiger partial charge in [0.25, 0.3) is 0 Å². The first-order chi connectivity index (χ1) is 13.4. The standard InChI is InChI=1S/C25H41NO2/c1-5-7-9-11-12-22-23(27)18-19-26(22)21-16-14-20(15-17-21)25(3,4)24(28)13-10-8-6-2/h14-17,22,24,28H,5-13,18-19H2,1-4H3. The summed E-state index contributed by atoms with van der Waals surface area (Å²) in [5.74, 6) is 0.396. The maximum atomic E-state index is 12.4. The van der Waals surface area contributed by atoms with Crippen LogP contribution in [0.15, 0.2) is 24.3 Å². The predicted molar refractivity (Wildman–Crippen MR) is 119 cm³/mol. The zero-order chi connectivity index (χ0) is 20.6. The molecule has 1 saturated heterocycles. The third-order valence-corrected chi connectivity index (χ3v) is 6.54. The number of hydrogen-bond donors (Lipinski definition) is 1. The normalized spacial score (nSPS) is 18.7. The van der Waals surface area contributed by atoms with Crippen molar-refractivity contribution in [3.8, 4) is 0 Å². The number of aliphatic hydroxyl groups excluding tert-OH is 1. The van der Waals surface area contributed by atoms with E-state index in [4.69, 9.17) is 0 Å². The Morgan fingerprint density at radius 3 is 2.32 bits per heavy atom. The van der Waals surface area contributed by atoms with Gasteiger partial charge in [-0.3, -0.25) is 4.79 Å². The quantitative estimate of drug-likeness (QED) is 0.446. The van der Waals surface area contributed by atoms with Gasteiger partial charge in [0.05, 0.1) is 12.1 Å². The summed E-state index contributed by atoms with van der Waals surface area (Å²) in [5.41, 5.74) is 2.06. The van der Waals surface area contributed by atoms with Crippen LogP contribution >= 0.6 is 0 Å². The largest absolute Gasteiger partial charge is 0.392 e. The van der Waals surface area contributed by atoms with Gasteiger partial charge in [0, 0.05) is 24.1 Å². The molecule has 0 radical (unpaired) electrons. The van der Waals surface area contributed by atoms with E-state index < -0.39 is 0 Å². The zero-order valence-corrected chi connectivity index (χ0v) is 18.5. The molecule has 0 bridgehead atoms. The van der Waals surface area contributed by atoms with Gasteiger partial charge < -0.3 is 10.0 Å². The van der Waals surface area contributed by atoms with Crippen LogP contribution in [-0.4, -0.2) is 29.6 Å². The number of rotatable bonds is 12. The molecule has 2 rings (SSSR count). The highest BCUT2D eigenvalue weighted by Gasteiger charge is 2.33. The molecule has 1 aliphatic heterocycles. The summed E-state index contributed by atoms with van der Waals surface area (Å²) in [6.07, 6.45) is 10.4. The number of nitrogens with zero attached hydrogens (tertiary/aromatic N) is 1. The fourth-order valence-electron chi connectivity index (χ4n) is 4.34. The lowest BCUT2D eigenvalue weighted by atomic mass is 9.77. The van der Waals surface area contributed by atoms with Crippen LogP contribution < -0.4 is 4.90 Å². The van der Waals surface area contributed by atoms with E-state index in [0.29, 0.717) is 12.2 Å². The summed E-state index contributed by atoms with van der Waals surface area (Å²) in [5, 5.41) is 10.7. The van der Waals surface area contributed by atoms with Crippen molar-refractivity contribution in [1.82, 2.24) is 0 Å². The Hall–Kier alpha value is -1.35. The van der Waals surface area contributed by atoms with Crippen molar-refractivity contribution in [3.05, 3.63) is 29.8 Å². The van der Waals surface area contributed by atoms with E-state index in [1.807, 2.05) is 0 Å². The second-order valence-corrected chi connectivity index (χ2v) is 9.05. The van der Waals surface area contributed by atoms with Crippen LogP contribution in [0, 0.1) is 0 Å². The molecule has 0 amide bonds. The van der Waals surface area contributed by atoms with Gasteiger partial charge in [-0.05, 0) is 30.5 Å². The van der Waals surface area contributed by atoms with Crippen LogP contribution in [0.2, 0.25) is 0 Å². The van der Waals surface area contributed by atoms with Crippen LogP contribution in [0.5, 0.6) is 0 Å². The van der Waals surface area contributed by atoms with Gasteiger partial charge in [-0.15, -0.1) is 0 Å². The van der Waals surface area contributed by atoms with E-state index in [1.165, 1.54) is 37.7 Å². The smallest absolute Gasteiger partial charge is 0.156 e. The second kappa shape index (κ2) is 11.0. The molecule has 3 nitrogen and oxygen atoms in total. The average Bonchev–Trinajstić information content (AvgIpc) is 3.06. The summed E-state index contributed by atoms with van der Waals surface area (Å²) in [6, 6.07) is 8.64. The van der Waals surface area contributed by atoms with E-state index in [-0.39, 0.29) is 17.6 Å². The Bertz CT molecular complexity index is 593. The number of anilines is 1. The molecular weight excluding hydrogens is 346 g/mol. The molecule has 158 valence electrons. The third-order valence-electron chi connectivity index (χ3n) is 6.54. The molecule has 28 heavy (non-hydrogen) atoms. The van der Waals surface area contributed by atoms with Crippen LogP contribution in [0.4, 0.5) is 5.69 Å². The number of ketones is 1. The molecule has 2 unspecified atom stereocenters. The minimum atomic E-state index is -0.329. The Balaban J connectivity index is 2.02. The number of Topliss-reactive ketones (excluding diaryl/α,β-unsaturated/α-hetero) is 1. The van der Waals surface area contributed by atoms with Crippen molar-refractivity contribution in [2.45, 2.75) is 109 Å². The molecule has 1 aromatic rings. The first-order valence-electron chi connectivity index (χ1n) is 11.5. The summed E-state index contributed by atoms with van der Waals surface area (Å²) in [4.78, 5) is 14.7. The van der Waals surface area contributed by atoms with E-state index in [2.05, 4.69) is 56.9 Å². The van der Waals surface area contributed by atoms with Crippen molar-refractivity contribution in [2.24, 2.45) is 0 Å². The first kappa shape index (κ1) is 22.9. The number of benzene rings is 1. The van der Waals surface area contributed by atoms with Crippen molar-refractivity contribution < 1.29 is 9.90 Å². The average molecular weight is 388 g/mol. The van der Waals surface area contributed by atoms with Crippen molar-refractivity contribution in [3.63, 3.8) is 0 Å². The van der Waals surface area contributed by atoms with Gasteiger partial charge >= 0.3 is 0 Å². The molecular formula is C25H41NO2. The number of carbonyl (C=O) groups excluding carboxylic acids is 1. The van der Waals surface area contributed by atoms with Crippen LogP contribution in [-0.2, 0) is 10.2 Å². The van der Waals surface area contributed by atoms with Gasteiger partial charge in [-0.2, -0.15) is 0 Å². The molecule has 0 spiro atoms. The molecule has 0 saturated carbocycles. The lowest BCUT2D eigenvalue weighted by Gasteiger charge is -2.32. The summed E-state index contributed by atoms with van der Waals surface area (Å²) in [6.45, 7) is 9.51. The number of aliphatic hydroxyl groups is 1. The molecule has 1 fully saturated rings. The Labute approximate surface area is 172 Å². The zero-order valence-electron chi connectivity index (χ0n) is 18.5. The van der Waals surface area contributed by atoms with Crippen molar-refractivity contribution in [2.75, 3.05) is 11.4 Å². The number of unbranched alkanes of at least 4 members (excludes halogenated alkanes) is 5. The molecule has 1 aliphatic rings. The molecule has 3 heteroatoms. The molecule has 2 atom stereocenters. The fourth-order valence-corrected chi connectivity index (χ4v) is 4.34. The Morgan fingerprint density at radius 2 is 1.68 bits per heavy atom. The summed E-state index contributed by atoms with van der Waals surface area (Å²) >= 11 is 0. The maximum absolute atomic E-state index is 12.4. The van der Waals surface area contributed by atoms with E-state index in [9.17, 15) is 9.90 Å². The van der Waals surface area contributed by atoms with E-state index in [0.717, 1.165) is 37.9 Å². The van der Waals surface area contributed by atoms with E-state index in [1.54, 1.807) is 0 Å². The molecule has 1 N–H and O–H groups in total. The number of hydrogen-bond acceptors (Lipinski definition) is 3. The third kappa shape index (κ3) is 5.83. The predicted octanol–water partition coefficient (Wildman–Crippen LogP) is 6.02. The molecule has 0 aromatic heterocycles. The molecule has 0 aliphatic carbocycles. The second-order valence-electron chi connectivity index (χ2n) is 9.05. The van der Waals surface area contributed by atoms with Gasteiger partial charge in [-0.25, -0.2) is 0 Å². The van der Waals surface area contributed by atoms with Gasteiger partial charge in [-0.1, -0.05) is 84.8 Å². The van der Waals surface area contributed by atoms with Crippen LogP contribution in [0.1, 0.15) is 97.5 Å². The number of carbonyl (C=O) groups is 1.